The summed E-state index contributed by atoms with van der Waals surface area (Å²) < 4.78 is 2.00. The lowest BCUT2D eigenvalue weighted by molar-refractivity contribution is 0.421. The minimum Gasteiger partial charge on any atom is -0.306 e. The third kappa shape index (κ3) is 3.87. The third-order valence-corrected chi connectivity index (χ3v) is 2.93. The van der Waals surface area contributed by atoms with Gasteiger partial charge in [-0.05, 0) is 27.2 Å². The van der Waals surface area contributed by atoms with Gasteiger partial charge in [0.1, 0.15) is 5.82 Å². The molecule has 0 radical (unpaired) electrons. The number of aromatic nitrogens is 4. The Morgan fingerprint density at radius 1 is 1.15 bits per heavy atom. The number of imidazole rings is 1. The van der Waals surface area contributed by atoms with E-state index in [0.717, 1.165) is 36.7 Å². The fourth-order valence-electron chi connectivity index (χ4n) is 1.87. The van der Waals surface area contributed by atoms with Gasteiger partial charge in [0.25, 0.3) is 0 Å². The first-order chi connectivity index (χ1) is 9.49. The monoisotopic (exact) mass is 273 g/mol. The molecule has 0 atom stereocenters. The Labute approximate surface area is 120 Å². The molecule has 1 N–H and O–H groups in total. The van der Waals surface area contributed by atoms with Gasteiger partial charge in [-0.1, -0.05) is 6.92 Å². The summed E-state index contributed by atoms with van der Waals surface area (Å²) in [5, 5.41) is 3.40. The van der Waals surface area contributed by atoms with Gasteiger partial charge >= 0.3 is 0 Å². The molecule has 0 spiro atoms. The molecule has 5 nitrogen and oxygen atoms in total. The van der Waals surface area contributed by atoms with Crippen LogP contribution in [0, 0.1) is 0 Å². The fourth-order valence-corrected chi connectivity index (χ4v) is 1.87. The summed E-state index contributed by atoms with van der Waals surface area (Å²) >= 11 is 0. The summed E-state index contributed by atoms with van der Waals surface area (Å²) in [4.78, 5) is 13.3. The smallest absolute Gasteiger partial charge is 0.156 e. The highest BCUT2D eigenvalue weighted by atomic mass is 15.1. The van der Waals surface area contributed by atoms with Crippen molar-refractivity contribution in [1.82, 2.24) is 24.8 Å². The van der Waals surface area contributed by atoms with E-state index in [4.69, 9.17) is 0 Å². The second-order valence-electron chi connectivity index (χ2n) is 5.93. The first-order valence-electron chi connectivity index (χ1n) is 7.08. The zero-order valence-corrected chi connectivity index (χ0v) is 12.7. The Bertz CT molecular complexity index is 536. The summed E-state index contributed by atoms with van der Waals surface area (Å²) in [6.07, 6.45) is 9.38. The van der Waals surface area contributed by atoms with Gasteiger partial charge in [-0.25, -0.2) is 9.97 Å². The first-order valence-corrected chi connectivity index (χ1v) is 7.08. The van der Waals surface area contributed by atoms with Crippen LogP contribution >= 0.6 is 0 Å². The SMILES string of the molecule is CCCc1nccn1-c1cnc(CNC(C)(C)C)cn1. The number of hydrogen-bond acceptors (Lipinski definition) is 4. The number of nitrogens with one attached hydrogen (secondary N) is 1. The molecule has 0 amide bonds. The van der Waals surface area contributed by atoms with Crippen molar-refractivity contribution in [2.45, 2.75) is 52.6 Å². The first kappa shape index (κ1) is 14.7. The van der Waals surface area contributed by atoms with Crippen molar-refractivity contribution < 1.29 is 0 Å². The molecule has 0 saturated heterocycles. The Morgan fingerprint density at radius 2 is 1.95 bits per heavy atom. The summed E-state index contributed by atoms with van der Waals surface area (Å²) in [7, 11) is 0. The molecule has 2 heterocycles. The molecule has 0 unspecified atom stereocenters. The van der Waals surface area contributed by atoms with Crippen LogP contribution in [0.5, 0.6) is 0 Å². The second kappa shape index (κ2) is 6.13. The maximum absolute atomic E-state index is 4.49. The van der Waals surface area contributed by atoms with Crippen LogP contribution in [0.25, 0.3) is 5.82 Å². The molecule has 0 bridgehead atoms. The molecular weight excluding hydrogens is 250 g/mol. The molecule has 0 aliphatic heterocycles. The Balaban J connectivity index is 2.09. The van der Waals surface area contributed by atoms with E-state index in [2.05, 4.69) is 48.0 Å². The van der Waals surface area contributed by atoms with Crippen molar-refractivity contribution in [2.24, 2.45) is 0 Å². The van der Waals surface area contributed by atoms with Gasteiger partial charge in [-0.2, -0.15) is 0 Å². The molecule has 0 saturated carbocycles. The van der Waals surface area contributed by atoms with Crippen molar-refractivity contribution in [1.29, 1.82) is 0 Å². The average molecular weight is 273 g/mol. The molecule has 0 aromatic carbocycles. The van der Waals surface area contributed by atoms with Gasteiger partial charge in [-0.15, -0.1) is 0 Å². The highest BCUT2D eigenvalue weighted by Crippen LogP contribution is 2.09. The van der Waals surface area contributed by atoms with Crippen LogP contribution in [-0.2, 0) is 13.0 Å². The molecule has 0 aliphatic rings. The third-order valence-electron chi connectivity index (χ3n) is 2.93. The number of hydrogen-bond donors (Lipinski definition) is 1. The molecular formula is C15H23N5. The highest BCUT2D eigenvalue weighted by Gasteiger charge is 2.10. The number of aryl methyl sites for hydroxylation is 1. The van der Waals surface area contributed by atoms with Gasteiger partial charge in [0, 0.05) is 30.9 Å². The van der Waals surface area contributed by atoms with E-state index in [0.29, 0.717) is 0 Å². The van der Waals surface area contributed by atoms with Gasteiger partial charge in [0.05, 0.1) is 18.1 Å². The Kier molecular flexibility index (Phi) is 4.49. The van der Waals surface area contributed by atoms with E-state index in [1.54, 1.807) is 6.20 Å². The normalized spacial score (nSPS) is 11.8. The van der Waals surface area contributed by atoms with Crippen LogP contribution in [0.1, 0.15) is 45.6 Å². The fraction of sp³-hybridized carbons (Fsp3) is 0.533. The molecule has 5 heteroatoms. The largest absolute Gasteiger partial charge is 0.306 e. The van der Waals surface area contributed by atoms with Gasteiger partial charge in [0.15, 0.2) is 5.82 Å². The second-order valence-corrected chi connectivity index (χ2v) is 5.93. The summed E-state index contributed by atoms with van der Waals surface area (Å²) in [6, 6.07) is 0. The summed E-state index contributed by atoms with van der Waals surface area (Å²) in [5.74, 6) is 1.85. The minimum atomic E-state index is 0.0823. The van der Waals surface area contributed by atoms with Crippen molar-refractivity contribution in [3.8, 4) is 5.82 Å². The van der Waals surface area contributed by atoms with E-state index in [1.807, 2.05) is 23.2 Å². The predicted molar refractivity (Wildman–Crippen MR) is 79.7 cm³/mol. The molecule has 2 rings (SSSR count). The van der Waals surface area contributed by atoms with Crippen LogP contribution in [0.2, 0.25) is 0 Å². The van der Waals surface area contributed by atoms with Crippen LogP contribution in [0.3, 0.4) is 0 Å². The highest BCUT2D eigenvalue weighted by molar-refractivity contribution is 5.22. The van der Waals surface area contributed by atoms with Crippen molar-refractivity contribution in [3.05, 3.63) is 36.3 Å². The number of rotatable bonds is 5. The lowest BCUT2D eigenvalue weighted by Crippen LogP contribution is -2.35. The standard InChI is InChI=1S/C15H23N5/c1-5-6-13-16-7-8-20(13)14-11-17-12(9-18-14)10-19-15(2,3)4/h7-9,11,19H,5-6,10H2,1-4H3. The zero-order valence-electron chi connectivity index (χ0n) is 12.7. The molecule has 20 heavy (non-hydrogen) atoms. The Hall–Kier alpha value is -1.75. The molecule has 0 fully saturated rings. The summed E-state index contributed by atoms with van der Waals surface area (Å²) in [6.45, 7) is 9.28. The van der Waals surface area contributed by atoms with E-state index in [-0.39, 0.29) is 5.54 Å². The van der Waals surface area contributed by atoms with Crippen LogP contribution in [0.4, 0.5) is 0 Å². The lowest BCUT2D eigenvalue weighted by Gasteiger charge is -2.20. The zero-order chi connectivity index (χ0) is 14.6. The van der Waals surface area contributed by atoms with Gasteiger partial charge in [-0.3, -0.25) is 9.55 Å². The maximum Gasteiger partial charge on any atom is 0.156 e. The van der Waals surface area contributed by atoms with Crippen molar-refractivity contribution >= 4 is 0 Å². The van der Waals surface area contributed by atoms with E-state index < -0.39 is 0 Å². The maximum atomic E-state index is 4.49. The van der Waals surface area contributed by atoms with Gasteiger partial charge in [0.2, 0.25) is 0 Å². The topological polar surface area (TPSA) is 55.6 Å². The average Bonchev–Trinajstić information content (AvgIpc) is 2.85. The van der Waals surface area contributed by atoms with Gasteiger partial charge < -0.3 is 5.32 Å². The van der Waals surface area contributed by atoms with Crippen LogP contribution < -0.4 is 5.32 Å². The van der Waals surface area contributed by atoms with Crippen molar-refractivity contribution in [3.63, 3.8) is 0 Å². The van der Waals surface area contributed by atoms with Crippen LogP contribution in [-0.4, -0.2) is 25.1 Å². The number of nitrogens with zero attached hydrogens (tertiary/aromatic N) is 4. The minimum absolute atomic E-state index is 0.0823. The molecule has 0 aliphatic carbocycles. The van der Waals surface area contributed by atoms with E-state index in [9.17, 15) is 0 Å². The lowest BCUT2D eigenvalue weighted by atomic mass is 10.1. The molecule has 108 valence electrons. The molecule has 2 aromatic rings. The molecule has 2 aromatic heterocycles. The van der Waals surface area contributed by atoms with Crippen molar-refractivity contribution in [2.75, 3.05) is 0 Å². The quantitative estimate of drug-likeness (QED) is 0.909. The van der Waals surface area contributed by atoms with E-state index >= 15 is 0 Å². The predicted octanol–water partition coefficient (Wildman–Crippen LogP) is 2.50. The Morgan fingerprint density at radius 3 is 2.55 bits per heavy atom. The van der Waals surface area contributed by atoms with E-state index in [1.165, 1.54) is 0 Å². The summed E-state index contributed by atoms with van der Waals surface area (Å²) in [5.41, 5.74) is 1.03. The van der Waals surface area contributed by atoms with Crippen LogP contribution in [0.15, 0.2) is 24.8 Å².